The molecule has 0 radical (unpaired) electrons. The molecule has 0 saturated heterocycles. The molecule has 1 aromatic rings. The normalized spacial score (nSPS) is 25.8. The van der Waals surface area contributed by atoms with Crippen molar-refractivity contribution >= 4 is 23.2 Å². The Kier molecular flexibility index (Phi) is 4.71. The number of aryl methyl sites for hydroxylation is 1. The molecule has 1 aromatic heterocycles. The molecule has 126 valence electrons. The molecule has 2 fully saturated rings. The number of carbonyl (C=O) groups is 2. The maximum Gasteiger partial charge on any atom is 0.347 e. The van der Waals surface area contributed by atoms with Crippen molar-refractivity contribution in [1.29, 1.82) is 0 Å². The Hall–Kier alpha value is -1.43. The van der Waals surface area contributed by atoms with Gasteiger partial charge in [0, 0.05) is 5.92 Å². The van der Waals surface area contributed by atoms with E-state index in [0.29, 0.717) is 16.6 Å². The molecule has 0 aliphatic heterocycles. The summed E-state index contributed by atoms with van der Waals surface area (Å²) in [7, 11) is 0. The summed E-state index contributed by atoms with van der Waals surface area (Å²) < 4.78 is 0. The minimum absolute atomic E-state index is 0.109. The lowest BCUT2D eigenvalue weighted by Gasteiger charge is -2.21. The van der Waals surface area contributed by atoms with Gasteiger partial charge in [0.25, 0.3) is 0 Å². The van der Waals surface area contributed by atoms with Crippen LogP contribution >= 0.6 is 11.3 Å². The number of aromatic nitrogens is 1. The van der Waals surface area contributed by atoms with Gasteiger partial charge in [0.15, 0.2) is 0 Å². The van der Waals surface area contributed by atoms with E-state index in [4.69, 9.17) is 5.11 Å². The highest BCUT2D eigenvalue weighted by atomic mass is 32.1. The monoisotopic (exact) mass is 336 g/mol. The van der Waals surface area contributed by atoms with Crippen molar-refractivity contribution in [1.82, 2.24) is 10.3 Å². The van der Waals surface area contributed by atoms with Crippen molar-refractivity contribution in [2.45, 2.75) is 58.4 Å². The molecule has 2 aliphatic rings. The van der Waals surface area contributed by atoms with Crippen LogP contribution < -0.4 is 5.32 Å². The molecule has 1 heterocycles. The molecule has 23 heavy (non-hydrogen) atoms. The third-order valence-corrected chi connectivity index (χ3v) is 6.50. The summed E-state index contributed by atoms with van der Waals surface area (Å²) >= 11 is 1.15. The zero-order chi connectivity index (χ0) is 16.6. The van der Waals surface area contributed by atoms with Crippen molar-refractivity contribution in [3.8, 4) is 0 Å². The van der Waals surface area contributed by atoms with Crippen LogP contribution in [0.25, 0.3) is 0 Å². The summed E-state index contributed by atoms with van der Waals surface area (Å²) in [4.78, 5) is 28.1. The van der Waals surface area contributed by atoms with Gasteiger partial charge in [-0.2, -0.15) is 0 Å². The number of rotatable bonds is 5. The van der Waals surface area contributed by atoms with E-state index in [0.717, 1.165) is 23.7 Å². The Morgan fingerprint density at radius 1 is 1.30 bits per heavy atom. The van der Waals surface area contributed by atoms with E-state index in [2.05, 4.69) is 10.3 Å². The molecule has 5 nitrogen and oxygen atoms in total. The fraction of sp³-hybridized carbons (Fsp3) is 0.706. The first-order valence-electron chi connectivity index (χ1n) is 8.48. The van der Waals surface area contributed by atoms with Crippen LogP contribution in [0.1, 0.15) is 71.9 Å². The van der Waals surface area contributed by atoms with E-state index in [1.807, 2.05) is 6.92 Å². The first-order chi connectivity index (χ1) is 11.0. The highest BCUT2D eigenvalue weighted by molar-refractivity contribution is 7.13. The molecular weight excluding hydrogens is 312 g/mol. The SMILES string of the molecule is Cc1nc(C(C)NC(=O)C2CC2C2CCCCC2)sc1C(=O)O. The smallest absolute Gasteiger partial charge is 0.347 e. The number of nitrogens with zero attached hydrogens (tertiary/aromatic N) is 1. The Balaban J connectivity index is 1.56. The van der Waals surface area contributed by atoms with Gasteiger partial charge in [-0.3, -0.25) is 4.79 Å². The molecule has 3 atom stereocenters. The minimum Gasteiger partial charge on any atom is -0.477 e. The highest BCUT2D eigenvalue weighted by Crippen LogP contribution is 2.49. The van der Waals surface area contributed by atoms with Crippen LogP contribution in [0.5, 0.6) is 0 Å². The van der Waals surface area contributed by atoms with Gasteiger partial charge in [-0.1, -0.05) is 32.1 Å². The summed E-state index contributed by atoms with van der Waals surface area (Å²) in [5, 5.41) is 12.8. The van der Waals surface area contributed by atoms with E-state index in [1.165, 1.54) is 32.1 Å². The van der Waals surface area contributed by atoms with Crippen molar-refractivity contribution < 1.29 is 14.7 Å². The molecule has 3 rings (SSSR count). The lowest BCUT2D eigenvalue weighted by molar-refractivity contribution is -0.123. The van der Waals surface area contributed by atoms with Gasteiger partial charge in [0.05, 0.1) is 11.7 Å². The molecule has 2 saturated carbocycles. The standard InChI is InChI=1S/C17H24N2O3S/c1-9-14(17(21)22)23-16(19-9)10(2)18-15(20)13-8-12(13)11-6-4-3-5-7-11/h10-13H,3-8H2,1-2H3,(H,18,20)(H,21,22). The summed E-state index contributed by atoms with van der Waals surface area (Å²) in [5.74, 6) is 0.605. The third-order valence-electron chi connectivity index (χ3n) is 5.17. The van der Waals surface area contributed by atoms with Crippen LogP contribution in [-0.4, -0.2) is 22.0 Å². The topological polar surface area (TPSA) is 79.3 Å². The molecule has 0 spiro atoms. The van der Waals surface area contributed by atoms with Crippen molar-refractivity contribution in [2.75, 3.05) is 0 Å². The summed E-state index contributed by atoms with van der Waals surface area (Å²) in [6.07, 6.45) is 7.52. The number of thiazole rings is 1. The molecule has 1 amide bonds. The Morgan fingerprint density at radius 3 is 2.61 bits per heavy atom. The second-order valence-corrected chi connectivity index (χ2v) is 7.94. The van der Waals surface area contributed by atoms with Gasteiger partial charge in [0.2, 0.25) is 5.91 Å². The molecule has 0 bridgehead atoms. The average Bonchev–Trinajstić information content (AvgIpc) is 3.23. The van der Waals surface area contributed by atoms with Gasteiger partial charge < -0.3 is 10.4 Å². The molecule has 3 unspecified atom stereocenters. The van der Waals surface area contributed by atoms with Crippen LogP contribution in [0, 0.1) is 24.7 Å². The van der Waals surface area contributed by atoms with Gasteiger partial charge in [0.1, 0.15) is 9.88 Å². The molecule has 2 aliphatic carbocycles. The zero-order valence-electron chi connectivity index (χ0n) is 13.7. The first kappa shape index (κ1) is 16.4. The van der Waals surface area contributed by atoms with Crippen LogP contribution in [-0.2, 0) is 4.79 Å². The lowest BCUT2D eigenvalue weighted by Crippen LogP contribution is -2.29. The Bertz CT molecular complexity index is 607. The summed E-state index contributed by atoms with van der Waals surface area (Å²) in [5.41, 5.74) is 0.519. The average molecular weight is 336 g/mol. The maximum atomic E-state index is 12.4. The molecule has 2 N–H and O–H groups in total. The van der Waals surface area contributed by atoms with Gasteiger partial charge in [-0.25, -0.2) is 9.78 Å². The number of hydrogen-bond acceptors (Lipinski definition) is 4. The summed E-state index contributed by atoms with van der Waals surface area (Å²) in [6, 6.07) is -0.230. The lowest BCUT2D eigenvalue weighted by atomic mass is 9.85. The summed E-state index contributed by atoms with van der Waals surface area (Å²) in [6.45, 7) is 3.57. The van der Waals surface area contributed by atoms with Crippen molar-refractivity contribution in [3.05, 3.63) is 15.6 Å². The van der Waals surface area contributed by atoms with E-state index in [-0.39, 0.29) is 22.7 Å². The number of nitrogens with one attached hydrogen (secondary N) is 1. The Labute approximate surface area is 140 Å². The van der Waals surface area contributed by atoms with Crippen molar-refractivity contribution in [2.24, 2.45) is 17.8 Å². The molecule has 0 aromatic carbocycles. The predicted octanol–water partition coefficient (Wildman–Crippen LogP) is 3.54. The van der Waals surface area contributed by atoms with E-state index in [9.17, 15) is 9.59 Å². The second-order valence-electron chi connectivity index (χ2n) is 6.91. The number of amides is 1. The number of hydrogen-bond donors (Lipinski definition) is 2. The Morgan fingerprint density at radius 2 is 2.00 bits per heavy atom. The van der Waals surface area contributed by atoms with E-state index >= 15 is 0 Å². The van der Waals surface area contributed by atoms with E-state index in [1.54, 1.807) is 6.92 Å². The number of carbonyl (C=O) groups excluding carboxylic acids is 1. The number of aromatic carboxylic acids is 1. The highest BCUT2D eigenvalue weighted by Gasteiger charge is 2.47. The van der Waals surface area contributed by atoms with Gasteiger partial charge in [-0.05, 0) is 32.1 Å². The fourth-order valence-corrected chi connectivity index (χ4v) is 4.69. The van der Waals surface area contributed by atoms with Crippen LogP contribution in [0.4, 0.5) is 0 Å². The van der Waals surface area contributed by atoms with Crippen molar-refractivity contribution in [3.63, 3.8) is 0 Å². The first-order valence-corrected chi connectivity index (χ1v) is 9.30. The largest absolute Gasteiger partial charge is 0.477 e. The molecule has 6 heteroatoms. The third kappa shape index (κ3) is 3.57. The van der Waals surface area contributed by atoms with E-state index < -0.39 is 5.97 Å². The zero-order valence-corrected chi connectivity index (χ0v) is 14.5. The van der Waals surface area contributed by atoms with Crippen LogP contribution in [0.3, 0.4) is 0 Å². The fourth-order valence-electron chi connectivity index (χ4n) is 3.78. The second kappa shape index (κ2) is 6.59. The van der Waals surface area contributed by atoms with Crippen LogP contribution in [0.15, 0.2) is 0 Å². The predicted molar refractivity (Wildman–Crippen MR) is 88.5 cm³/mol. The molecular formula is C17H24N2O3S. The quantitative estimate of drug-likeness (QED) is 0.862. The van der Waals surface area contributed by atoms with Gasteiger partial charge >= 0.3 is 5.97 Å². The minimum atomic E-state index is -0.954. The number of carboxylic acid groups (broad SMARTS) is 1. The number of carboxylic acids is 1. The van der Waals surface area contributed by atoms with Crippen LogP contribution in [0.2, 0.25) is 0 Å². The van der Waals surface area contributed by atoms with Gasteiger partial charge in [-0.15, -0.1) is 11.3 Å². The maximum absolute atomic E-state index is 12.4.